The number of benzene rings is 2. The third kappa shape index (κ3) is 4.49. The first-order valence-corrected chi connectivity index (χ1v) is 9.12. The molecule has 2 aromatic carbocycles. The van der Waals surface area contributed by atoms with Crippen molar-refractivity contribution in [3.8, 4) is 5.75 Å². The van der Waals surface area contributed by atoms with E-state index in [1.54, 1.807) is 23.7 Å². The number of methoxy groups -OCH3 is 1. The van der Waals surface area contributed by atoms with Gasteiger partial charge in [0.2, 0.25) is 0 Å². The van der Waals surface area contributed by atoms with Crippen LogP contribution in [0, 0.1) is 6.92 Å². The maximum atomic E-state index is 12.6. The van der Waals surface area contributed by atoms with Crippen LogP contribution in [-0.2, 0) is 6.54 Å². The van der Waals surface area contributed by atoms with Gasteiger partial charge in [0.1, 0.15) is 5.75 Å². The highest BCUT2D eigenvalue weighted by molar-refractivity contribution is 6.42. The van der Waals surface area contributed by atoms with Gasteiger partial charge >= 0.3 is 5.97 Å². The van der Waals surface area contributed by atoms with Crippen molar-refractivity contribution in [2.24, 2.45) is 0 Å². The quantitative estimate of drug-likeness (QED) is 0.609. The van der Waals surface area contributed by atoms with Gasteiger partial charge in [-0.25, -0.2) is 9.48 Å². The molecule has 0 bridgehead atoms. The number of amides is 1. The Morgan fingerprint density at radius 2 is 1.93 bits per heavy atom. The number of aromatic nitrogens is 3. The van der Waals surface area contributed by atoms with Crippen LogP contribution in [0.2, 0.25) is 10.0 Å². The first-order chi connectivity index (χ1) is 13.8. The average molecular weight is 435 g/mol. The third-order valence-corrected chi connectivity index (χ3v) is 4.95. The molecule has 0 aliphatic rings. The van der Waals surface area contributed by atoms with Gasteiger partial charge in [-0.2, -0.15) is 0 Å². The van der Waals surface area contributed by atoms with E-state index < -0.39 is 11.9 Å². The lowest BCUT2D eigenvalue weighted by molar-refractivity contribution is 0.0696. The van der Waals surface area contributed by atoms with Gasteiger partial charge in [-0.1, -0.05) is 34.5 Å². The molecule has 3 aromatic rings. The zero-order chi connectivity index (χ0) is 21.1. The van der Waals surface area contributed by atoms with Crippen molar-refractivity contribution < 1.29 is 19.4 Å². The van der Waals surface area contributed by atoms with Gasteiger partial charge in [-0.3, -0.25) is 4.79 Å². The van der Waals surface area contributed by atoms with Gasteiger partial charge in [-0.05, 0) is 42.8 Å². The Morgan fingerprint density at radius 1 is 1.17 bits per heavy atom. The molecular weight excluding hydrogens is 419 g/mol. The number of anilines is 1. The number of carbonyl (C=O) groups excluding carboxylic acids is 1. The molecule has 0 fully saturated rings. The van der Waals surface area contributed by atoms with Crippen LogP contribution in [0.5, 0.6) is 5.75 Å². The Balaban J connectivity index is 1.80. The van der Waals surface area contributed by atoms with Gasteiger partial charge < -0.3 is 15.2 Å². The van der Waals surface area contributed by atoms with Crippen LogP contribution < -0.4 is 10.1 Å². The van der Waals surface area contributed by atoms with Crippen LogP contribution in [0.3, 0.4) is 0 Å². The average Bonchev–Trinajstić information content (AvgIpc) is 3.05. The van der Waals surface area contributed by atoms with E-state index >= 15 is 0 Å². The van der Waals surface area contributed by atoms with Gasteiger partial charge in [0.25, 0.3) is 5.91 Å². The van der Waals surface area contributed by atoms with Gasteiger partial charge in [-0.15, -0.1) is 5.10 Å². The minimum Gasteiger partial charge on any atom is -0.495 e. The summed E-state index contributed by atoms with van der Waals surface area (Å²) in [5.74, 6) is -1.37. The van der Waals surface area contributed by atoms with Crippen molar-refractivity contribution in [3.05, 3.63) is 69.0 Å². The maximum Gasteiger partial charge on any atom is 0.335 e. The SMILES string of the molecule is COc1cc(C(=O)O)ccc1NC(=O)c1nnn(Cc2ccc(Cl)c(Cl)c2)c1C. The normalized spacial score (nSPS) is 10.6. The second-order valence-corrected chi connectivity index (χ2v) is 6.92. The number of hydrogen-bond donors (Lipinski definition) is 2. The molecule has 150 valence electrons. The van der Waals surface area contributed by atoms with Crippen molar-refractivity contribution >= 4 is 40.8 Å². The molecule has 0 spiro atoms. The summed E-state index contributed by atoms with van der Waals surface area (Å²) in [6.07, 6.45) is 0. The number of rotatable bonds is 6. The molecule has 1 heterocycles. The highest BCUT2D eigenvalue weighted by Crippen LogP contribution is 2.27. The Hall–Kier alpha value is -3.10. The Kier molecular flexibility index (Phi) is 6.05. The molecule has 1 aromatic heterocycles. The van der Waals surface area contributed by atoms with Crippen LogP contribution in [0.25, 0.3) is 0 Å². The lowest BCUT2D eigenvalue weighted by Crippen LogP contribution is -2.15. The molecule has 3 rings (SSSR count). The number of halogens is 2. The van der Waals surface area contributed by atoms with Gasteiger partial charge in [0.15, 0.2) is 5.69 Å². The number of carbonyl (C=O) groups is 2. The van der Waals surface area contributed by atoms with Gasteiger partial charge in [0, 0.05) is 0 Å². The molecule has 0 aliphatic heterocycles. The smallest absolute Gasteiger partial charge is 0.335 e. The molecule has 2 N–H and O–H groups in total. The predicted octanol–water partition coefficient (Wildman–Crippen LogP) is 3.90. The molecule has 0 saturated heterocycles. The fourth-order valence-corrected chi connectivity index (χ4v) is 2.96. The van der Waals surface area contributed by atoms with Crippen LogP contribution in [-0.4, -0.2) is 39.1 Å². The van der Waals surface area contributed by atoms with Gasteiger partial charge in [0.05, 0.1) is 40.6 Å². The molecule has 8 nitrogen and oxygen atoms in total. The van der Waals surface area contributed by atoms with E-state index in [0.29, 0.717) is 28.0 Å². The predicted molar refractivity (Wildman–Crippen MR) is 108 cm³/mol. The lowest BCUT2D eigenvalue weighted by Gasteiger charge is -2.10. The molecule has 0 atom stereocenters. The van der Waals surface area contributed by atoms with Crippen LogP contribution in [0.1, 0.15) is 32.1 Å². The number of nitrogens with zero attached hydrogens (tertiary/aromatic N) is 3. The summed E-state index contributed by atoms with van der Waals surface area (Å²) < 4.78 is 6.73. The summed E-state index contributed by atoms with van der Waals surface area (Å²) in [5, 5.41) is 20.6. The summed E-state index contributed by atoms with van der Waals surface area (Å²) in [4.78, 5) is 23.7. The minimum absolute atomic E-state index is 0.0450. The number of aromatic carboxylic acids is 1. The van der Waals surface area contributed by atoms with Crippen molar-refractivity contribution in [2.75, 3.05) is 12.4 Å². The van der Waals surface area contributed by atoms with Crippen molar-refractivity contribution in [1.82, 2.24) is 15.0 Å². The van der Waals surface area contributed by atoms with E-state index in [4.69, 9.17) is 33.0 Å². The van der Waals surface area contributed by atoms with Crippen LogP contribution in [0.4, 0.5) is 5.69 Å². The standard InChI is InChI=1S/C19H16Cl2N4O4/c1-10-17(23-24-25(10)9-11-3-5-13(20)14(21)7-11)18(26)22-15-6-4-12(19(27)28)8-16(15)29-2/h3-8H,9H2,1-2H3,(H,22,26)(H,27,28). The van der Waals surface area contributed by atoms with Crippen LogP contribution >= 0.6 is 23.2 Å². The molecule has 10 heteroatoms. The number of carboxylic acid groups (broad SMARTS) is 1. The summed E-state index contributed by atoms with van der Waals surface area (Å²) in [6, 6.07) is 9.37. The molecular formula is C19H16Cl2N4O4. The van der Waals surface area contributed by atoms with E-state index in [2.05, 4.69) is 15.6 Å². The Morgan fingerprint density at radius 3 is 2.59 bits per heavy atom. The summed E-state index contributed by atoms with van der Waals surface area (Å²) in [5.41, 5.74) is 1.90. The first-order valence-electron chi connectivity index (χ1n) is 8.37. The van der Waals surface area contributed by atoms with E-state index in [0.717, 1.165) is 5.56 Å². The number of ether oxygens (including phenoxy) is 1. The molecule has 0 radical (unpaired) electrons. The number of nitrogens with one attached hydrogen (secondary N) is 1. The van der Waals surface area contributed by atoms with Crippen molar-refractivity contribution in [3.63, 3.8) is 0 Å². The Bertz CT molecular complexity index is 1100. The van der Waals surface area contributed by atoms with E-state index in [-0.39, 0.29) is 17.0 Å². The zero-order valence-corrected chi connectivity index (χ0v) is 17.0. The van der Waals surface area contributed by atoms with Crippen molar-refractivity contribution in [1.29, 1.82) is 0 Å². The highest BCUT2D eigenvalue weighted by Gasteiger charge is 2.19. The molecule has 0 saturated carbocycles. The fraction of sp³-hybridized carbons (Fsp3) is 0.158. The third-order valence-electron chi connectivity index (χ3n) is 4.21. The monoisotopic (exact) mass is 434 g/mol. The molecule has 0 unspecified atom stereocenters. The Labute approximate surface area is 176 Å². The molecule has 29 heavy (non-hydrogen) atoms. The van der Waals surface area contributed by atoms with E-state index in [1.807, 2.05) is 6.07 Å². The first kappa shape index (κ1) is 20.6. The summed E-state index contributed by atoms with van der Waals surface area (Å²) in [7, 11) is 1.38. The number of hydrogen-bond acceptors (Lipinski definition) is 5. The fourth-order valence-electron chi connectivity index (χ4n) is 2.64. The topological polar surface area (TPSA) is 106 Å². The molecule has 0 aliphatic carbocycles. The zero-order valence-electron chi connectivity index (χ0n) is 15.4. The van der Waals surface area contributed by atoms with E-state index in [9.17, 15) is 9.59 Å². The van der Waals surface area contributed by atoms with Crippen LogP contribution in [0.15, 0.2) is 36.4 Å². The highest BCUT2D eigenvalue weighted by atomic mass is 35.5. The number of carboxylic acids is 1. The largest absolute Gasteiger partial charge is 0.495 e. The summed E-state index contributed by atoms with van der Waals surface area (Å²) >= 11 is 12.0. The summed E-state index contributed by atoms with van der Waals surface area (Å²) in [6.45, 7) is 2.08. The molecule has 1 amide bonds. The second-order valence-electron chi connectivity index (χ2n) is 6.10. The van der Waals surface area contributed by atoms with E-state index in [1.165, 1.54) is 25.3 Å². The van der Waals surface area contributed by atoms with Crippen molar-refractivity contribution in [2.45, 2.75) is 13.5 Å². The second kappa shape index (κ2) is 8.50. The maximum absolute atomic E-state index is 12.6. The lowest BCUT2D eigenvalue weighted by atomic mass is 10.2. The minimum atomic E-state index is -1.10.